The van der Waals surface area contributed by atoms with Crippen molar-refractivity contribution in [3.05, 3.63) is 29.8 Å². The van der Waals surface area contributed by atoms with Gasteiger partial charge in [0.25, 0.3) is 5.91 Å². The molecule has 1 aliphatic heterocycles. The minimum absolute atomic E-state index is 0.0378. The van der Waals surface area contributed by atoms with Gasteiger partial charge in [-0.2, -0.15) is 4.31 Å². The number of carbonyl (C=O) groups excluding carboxylic acids is 1. The van der Waals surface area contributed by atoms with E-state index >= 15 is 0 Å². The first-order valence-electron chi connectivity index (χ1n) is 8.49. The molecule has 144 valence electrons. The summed E-state index contributed by atoms with van der Waals surface area (Å²) < 4.78 is 31.7. The Balaban J connectivity index is 2.17. The van der Waals surface area contributed by atoms with Gasteiger partial charge in [0.1, 0.15) is 6.04 Å². The summed E-state index contributed by atoms with van der Waals surface area (Å²) in [7, 11) is -2.22. The molecule has 1 atom stereocenters. The number of hydrogen-bond donors (Lipinski definition) is 2. The van der Waals surface area contributed by atoms with Crippen molar-refractivity contribution < 1.29 is 27.9 Å². The van der Waals surface area contributed by atoms with Gasteiger partial charge in [-0.3, -0.25) is 4.79 Å². The number of piperidine rings is 1. The fourth-order valence-corrected chi connectivity index (χ4v) is 4.35. The number of nitrogens with one attached hydrogen (secondary N) is 1. The summed E-state index contributed by atoms with van der Waals surface area (Å²) in [6, 6.07) is 4.57. The van der Waals surface area contributed by atoms with Crippen molar-refractivity contribution in [3.63, 3.8) is 0 Å². The maximum Gasteiger partial charge on any atom is 0.326 e. The second-order valence-corrected chi connectivity index (χ2v) is 8.08. The number of aliphatic carboxylic acids is 1. The maximum atomic E-state index is 12.7. The van der Waals surface area contributed by atoms with Crippen LogP contribution in [0.3, 0.4) is 0 Å². The van der Waals surface area contributed by atoms with E-state index in [4.69, 9.17) is 4.74 Å². The Morgan fingerprint density at radius 1 is 1.27 bits per heavy atom. The van der Waals surface area contributed by atoms with E-state index in [9.17, 15) is 23.1 Å². The van der Waals surface area contributed by atoms with Gasteiger partial charge in [0.15, 0.2) is 0 Å². The van der Waals surface area contributed by atoms with Gasteiger partial charge in [-0.1, -0.05) is 12.5 Å². The summed E-state index contributed by atoms with van der Waals surface area (Å²) in [5.74, 6) is -1.81. The topological polar surface area (TPSA) is 113 Å². The standard InChI is InChI=1S/C17H24N2O6S/c1-25-11-8-15(17(21)22)18-16(20)13-6-5-7-14(12-13)26(23,24)19-9-3-2-4-10-19/h5-7,12,15H,2-4,8-11H2,1H3,(H,18,20)(H,21,22). The lowest BCUT2D eigenvalue weighted by atomic mass is 10.1. The van der Waals surface area contributed by atoms with Crippen LogP contribution in [0.5, 0.6) is 0 Å². The van der Waals surface area contributed by atoms with Crippen LogP contribution in [0.1, 0.15) is 36.0 Å². The van der Waals surface area contributed by atoms with Crippen molar-refractivity contribution >= 4 is 21.9 Å². The summed E-state index contributed by atoms with van der Waals surface area (Å²) in [5, 5.41) is 11.6. The summed E-state index contributed by atoms with van der Waals surface area (Å²) in [4.78, 5) is 23.6. The number of benzene rings is 1. The van der Waals surface area contributed by atoms with E-state index in [0.717, 1.165) is 19.3 Å². The average molecular weight is 384 g/mol. The SMILES string of the molecule is COCCC(NC(=O)c1cccc(S(=O)(=O)N2CCCCC2)c1)C(=O)O. The molecule has 8 nitrogen and oxygen atoms in total. The molecule has 2 rings (SSSR count). The number of carboxylic acid groups (broad SMARTS) is 1. The van der Waals surface area contributed by atoms with Crippen LogP contribution >= 0.6 is 0 Å². The van der Waals surface area contributed by atoms with E-state index in [1.807, 2.05) is 0 Å². The second-order valence-electron chi connectivity index (χ2n) is 6.14. The summed E-state index contributed by atoms with van der Waals surface area (Å²) in [6.45, 7) is 1.12. The van der Waals surface area contributed by atoms with Crippen LogP contribution in [-0.2, 0) is 19.6 Å². The lowest BCUT2D eigenvalue weighted by Gasteiger charge is -2.26. The molecule has 0 spiro atoms. The Kier molecular flexibility index (Phi) is 7.13. The van der Waals surface area contributed by atoms with E-state index in [0.29, 0.717) is 13.1 Å². The second kappa shape index (κ2) is 9.11. The normalized spacial score (nSPS) is 16.8. The molecule has 1 saturated heterocycles. The highest BCUT2D eigenvalue weighted by molar-refractivity contribution is 7.89. The van der Waals surface area contributed by atoms with E-state index in [-0.39, 0.29) is 23.5 Å². The number of nitrogens with zero attached hydrogens (tertiary/aromatic N) is 1. The van der Waals surface area contributed by atoms with Crippen molar-refractivity contribution in [1.29, 1.82) is 0 Å². The van der Waals surface area contributed by atoms with Crippen molar-refractivity contribution in [1.82, 2.24) is 9.62 Å². The number of amides is 1. The van der Waals surface area contributed by atoms with Crippen molar-refractivity contribution in [2.24, 2.45) is 0 Å². The van der Waals surface area contributed by atoms with Crippen LogP contribution in [0.15, 0.2) is 29.2 Å². The minimum Gasteiger partial charge on any atom is -0.480 e. The van der Waals surface area contributed by atoms with Crippen LogP contribution in [0, 0.1) is 0 Å². The molecule has 1 unspecified atom stereocenters. The smallest absolute Gasteiger partial charge is 0.326 e. The van der Waals surface area contributed by atoms with Gasteiger partial charge in [0.05, 0.1) is 4.90 Å². The molecule has 2 N–H and O–H groups in total. The molecule has 0 bridgehead atoms. The minimum atomic E-state index is -3.66. The Morgan fingerprint density at radius 2 is 1.96 bits per heavy atom. The van der Waals surface area contributed by atoms with Crippen LogP contribution in [0.2, 0.25) is 0 Å². The number of methoxy groups -OCH3 is 1. The molecule has 1 aromatic rings. The largest absolute Gasteiger partial charge is 0.480 e. The average Bonchev–Trinajstić information content (AvgIpc) is 2.65. The van der Waals surface area contributed by atoms with Gasteiger partial charge in [-0.25, -0.2) is 13.2 Å². The fourth-order valence-electron chi connectivity index (χ4n) is 2.79. The molecule has 0 aliphatic carbocycles. The molecule has 1 aliphatic rings. The lowest BCUT2D eigenvalue weighted by molar-refractivity contribution is -0.139. The molecule has 1 aromatic carbocycles. The van der Waals surface area contributed by atoms with Gasteiger partial charge in [0.2, 0.25) is 10.0 Å². The van der Waals surface area contributed by atoms with E-state index in [1.165, 1.54) is 35.7 Å². The zero-order chi connectivity index (χ0) is 19.2. The zero-order valence-electron chi connectivity index (χ0n) is 14.7. The molecule has 9 heteroatoms. The quantitative estimate of drug-likeness (QED) is 0.693. The molecule has 1 amide bonds. The van der Waals surface area contributed by atoms with E-state index in [2.05, 4.69) is 5.32 Å². The third kappa shape index (κ3) is 5.03. The third-order valence-electron chi connectivity index (χ3n) is 4.26. The van der Waals surface area contributed by atoms with Crippen LogP contribution in [0.4, 0.5) is 0 Å². The van der Waals surface area contributed by atoms with Crippen LogP contribution in [-0.4, -0.2) is 62.6 Å². The van der Waals surface area contributed by atoms with Crippen molar-refractivity contribution in [3.8, 4) is 0 Å². The van der Waals surface area contributed by atoms with E-state index < -0.39 is 27.9 Å². The maximum absolute atomic E-state index is 12.7. The predicted octanol–water partition coefficient (Wildman–Crippen LogP) is 1.08. The van der Waals surface area contributed by atoms with Crippen molar-refractivity contribution in [2.45, 2.75) is 36.6 Å². The fraction of sp³-hybridized carbons (Fsp3) is 0.529. The summed E-state index contributed by atoms with van der Waals surface area (Å²) in [5.41, 5.74) is 0.103. The molecule has 26 heavy (non-hydrogen) atoms. The highest BCUT2D eigenvalue weighted by Gasteiger charge is 2.27. The highest BCUT2D eigenvalue weighted by atomic mass is 32.2. The number of hydrogen-bond acceptors (Lipinski definition) is 5. The van der Waals surface area contributed by atoms with Gasteiger partial charge >= 0.3 is 5.97 Å². The molecule has 0 saturated carbocycles. The van der Waals surface area contributed by atoms with Gasteiger partial charge < -0.3 is 15.2 Å². The first-order valence-corrected chi connectivity index (χ1v) is 9.93. The van der Waals surface area contributed by atoms with Crippen molar-refractivity contribution in [2.75, 3.05) is 26.8 Å². The Bertz CT molecular complexity index is 743. The summed E-state index contributed by atoms with van der Waals surface area (Å²) >= 11 is 0. The third-order valence-corrected chi connectivity index (χ3v) is 6.16. The zero-order valence-corrected chi connectivity index (χ0v) is 15.5. The van der Waals surface area contributed by atoms with Crippen LogP contribution in [0.25, 0.3) is 0 Å². The monoisotopic (exact) mass is 384 g/mol. The number of rotatable bonds is 8. The van der Waals surface area contributed by atoms with Gasteiger partial charge in [0, 0.05) is 38.8 Å². The lowest BCUT2D eigenvalue weighted by Crippen LogP contribution is -2.41. The number of ether oxygens (including phenoxy) is 1. The predicted molar refractivity (Wildman–Crippen MR) is 94.4 cm³/mol. The first kappa shape index (κ1) is 20.3. The molecule has 0 radical (unpaired) electrons. The molecule has 1 heterocycles. The molecular formula is C17H24N2O6S. The molecular weight excluding hydrogens is 360 g/mol. The summed E-state index contributed by atoms with van der Waals surface area (Å²) in [6.07, 6.45) is 2.76. The Hall–Kier alpha value is -1.97. The van der Waals surface area contributed by atoms with Gasteiger partial charge in [-0.15, -0.1) is 0 Å². The number of sulfonamides is 1. The number of carboxylic acids is 1. The molecule has 0 aromatic heterocycles. The number of carbonyl (C=O) groups is 2. The van der Waals surface area contributed by atoms with Gasteiger partial charge in [-0.05, 0) is 31.0 Å². The highest BCUT2D eigenvalue weighted by Crippen LogP contribution is 2.21. The molecule has 1 fully saturated rings. The van der Waals surface area contributed by atoms with Crippen LogP contribution < -0.4 is 5.32 Å². The Labute approximate surface area is 153 Å². The van der Waals surface area contributed by atoms with E-state index in [1.54, 1.807) is 0 Å². The first-order chi connectivity index (χ1) is 12.4. The Morgan fingerprint density at radius 3 is 2.58 bits per heavy atom.